The van der Waals surface area contributed by atoms with Crippen LogP contribution in [-0.2, 0) is 4.43 Å². The summed E-state index contributed by atoms with van der Waals surface area (Å²) in [6.45, 7) is 8.66. The Bertz CT molecular complexity index is 93.1. The molecule has 0 radical (unpaired) electrons. The lowest BCUT2D eigenvalue weighted by Crippen LogP contribution is -2.46. The smallest absolute Gasteiger partial charge is 0.262 e. The number of rotatable bonds is 4. The topological polar surface area (TPSA) is 21.3 Å². The molecule has 0 saturated carbocycles. The van der Waals surface area contributed by atoms with Crippen LogP contribution in [0.5, 0.6) is 0 Å². The first-order valence-electron chi connectivity index (χ1n) is 3.03. The minimum Gasteiger partial charge on any atom is -0.407 e. The maximum Gasteiger partial charge on any atom is 0.262 e. The van der Waals surface area contributed by atoms with Crippen molar-refractivity contribution in [1.82, 2.24) is 4.98 Å². The maximum atomic E-state index is 5.22. The summed E-state index contributed by atoms with van der Waals surface area (Å²) >= 11 is 0. The molecule has 3 heteroatoms. The van der Waals surface area contributed by atoms with Gasteiger partial charge in [-0.25, -0.2) is 0 Å². The summed E-state index contributed by atoms with van der Waals surface area (Å²) in [6.07, 6.45) is 1.84. The molecule has 0 aromatic heterocycles. The predicted octanol–water partition coefficient (Wildman–Crippen LogP) is 1.11. The van der Waals surface area contributed by atoms with Gasteiger partial charge >= 0.3 is 0 Å². The van der Waals surface area contributed by atoms with E-state index in [0.29, 0.717) is 0 Å². The van der Waals surface area contributed by atoms with Crippen LogP contribution in [0.15, 0.2) is 12.7 Å². The molecule has 54 valence electrons. The van der Waals surface area contributed by atoms with Gasteiger partial charge in [0.05, 0.1) is 0 Å². The van der Waals surface area contributed by atoms with Crippen molar-refractivity contribution < 1.29 is 4.43 Å². The monoisotopic (exact) mass is 145 g/mol. The summed E-state index contributed by atoms with van der Waals surface area (Å²) in [5.74, 6) is 0. The van der Waals surface area contributed by atoms with Crippen molar-refractivity contribution in [3.63, 3.8) is 0 Å². The van der Waals surface area contributed by atoms with Gasteiger partial charge in [-0.1, -0.05) is 6.08 Å². The lowest BCUT2D eigenvalue weighted by atomic mass is 10.7. The lowest BCUT2D eigenvalue weighted by molar-refractivity contribution is 0.393. The first-order valence-corrected chi connectivity index (χ1v) is 5.94. The van der Waals surface area contributed by atoms with Gasteiger partial charge in [0.25, 0.3) is 8.48 Å². The lowest BCUT2D eigenvalue weighted by Gasteiger charge is -2.19. The third-order valence-electron chi connectivity index (χ3n) is 1.18. The molecule has 0 aliphatic carbocycles. The highest BCUT2D eigenvalue weighted by Crippen LogP contribution is 1.94. The van der Waals surface area contributed by atoms with Gasteiger partial charge in [-0.15, -0.1) is 6.58 Å². The molecule has 9 heavy (non-hydrogen) atoms. The fraction of sp³-hybridized carbons (Fsp3) is 0.667. The molecule has 0 heterocycles. The van der Waals surface area contributed by atoms with Crippen LogP contribution in [0.2, 0.25) is 13.1 Å². The summed E-state index contributed by atoms with van der Waals surface area (Å²) in [4.78, 5) is 3.26. The van der Waals surface area contributed by atoms with E-state index in [1.807, 2.05) is 6.08 Å². The Kier molecular flexibility index (Phi) is 3.77. The van der Waals surface area contributed by atoms with Crippen LogP contribution in [0, 0.1) is 0 Å². The van der Waals surface area contributed by atoms with Gasteiger partial charge in [0.15, 0.2) is 0 Å². The van der Waals surface area contributed by atoms with E-state index in [1.54, 1.807) is 7.11 Å². The van der Waals surface area contributed by atoms with Gasteiger partial charge in [0.2, 0.25) is 0 Å². The highest BCUT2D eigenvalue weighted by Gasteiger charge is 2.18. The van der Waals surface area contributed by atoms with E-state index < -0.39 is 8.48 Å². The molecular weight excluding hydrogens is 130 g/mol. The largest absolute Gasteiger partial charge is 0.407 e. The van der Waals surface area contributed by atoms with Crippen molar-refractivity contribution in [2.24, 2.45) is 0 Å². The minimum atomic E-state index is -1.52. The quantitative estimate of drug-likeness (QED) is 0.472. The average Bonchev–Trinajstić information content (AvgIpc) is 1.84. The first-order chi connectivity index (χ1) is 4.12. The Labute approximate surface area is 58.1 Å². The van der Waals surface area contributed by atoms with E-state index in [-0.39, 0.29) is 0 Å². The van der Waals surface area contributed by atoms with Crippen molar-refractivity contribution in [1.29, 1.82) is 0 Å². The number of hydrogen-bond donors (Lipinski definition) is 1. The fourth-order valence-electron chi connectivity index (χ4n) is 0.390. The summed E-state index contributed by atoms with van der Waals surface area (Å²) in [6, 6.07) is 0. The molecule has 0 atom stereocenters. The Morgan fingerprint density at radius 3 is 2.56 bits per heavy atom. The van der Waals surface area contributed by atoms with Crippen LogP contribution in [-0.4, -0.2) is 22.1 Å². The Morgan fingerprint density at radius 2 is 2.22 bits per heavy atom. The molecule has 0 unspecified atom stereocenters. The predicted molar refractivity (Wildman–Crippen MR) is 42.7 cm³/mol. The molecule has 0 aliphatic rings. The van der Waals surface area contributed by atoms with Crippen molar-refractivity contribution in [3.05, 3.63) is 12.7 Å². The van der Waals surface area contributed by atoms with Crippen LogP contribution in [0.4, 0.5) is 0 Å². The molecule has 0 amide bonds. The van der Waals surface area contributed by atoms with E-state index in [1.165, 1.54) is 0 Å². The summed E-state index contributed by atoms with van der Waals surface area (Å²) < 4.78 is 5.22. The zero-order chi connectivity index (χ0) is 7.33. The standard InChI is InChI=1S/C6H15NOSi/c1-5-6-7-9(3,4)8-2/h5,7H,1,6H2,2-4H3. The second kappa shape index (κ2) is 3.82. The molecule has 0 rings (SSSR count). The van der Waals surface area contributed by atoms with E-state index in [9.17, 15) is 0 Å². The third kappa shape index (κ3) is 4.38. The van der Waals surface area contributed by atoms with Gasteiger partial charge in [-0.2, -0.15) is 0 Å². The van der Waals surface area contributed by atoms with Gasteiger partial charge in [-0.3, -0.25) is 0 Å². The van der Waals surface area contributed by atoms with Gasteiger partial charge in [0, 0.05) is 13.7 Å². The molecule has 0 aromatic rings. The zero-order valence-electron chi connectivity index (χ0n) is 6.40. The molecule has 2 nitrogen and oxygen atoms in total. The van der Waals surface area contributed by atoms with E-state index in [2.05, 4.69) is 24.7 Å². The van der Waals surface area contributed by atoms with E-state index >= 15 is 0 Å². The van der Waals surface area contributed by atoms with Crippen LogP contribution in [0.25, 0.3) is 0 Å². The van der Waals surface area contributed by atoms with Crippen LogP contribution >= 0.6 is 0 Å². The van der Waals surface area contributed by atoms with Crippen LogP contribution < -0.4 is 4.98 Å². The van der Waals surface area contributed by atoms with Crippen molar-refractivity contribution >= 4 is 8.48 Å². The summed E-state index contributed by atoms with van der Waals surface area (Å²) in [5.41, 5.74) is 0. The van der Waals surface area contributed by atoms with Gasteiger partial charge < -0.3 is 9.41 Å². The Morgan fingerprint density at radius 1 is 1.67 bits per heavy atom. The summed E-state index contributed by atoms with van der Waals surface area (Å²) in [5, 5.41) is 0. The zero-order valence-corrected chi connectivity index (χ0v) is 7.40. The van der Waals surface area contributed by atoms with Crippen molar-refractivity contribution in [3.8, 4) is 0 Å². The van der Waals surface area contributed by atoms with E-state index in [0.717, 1.165) is 6.54 Å². The highest BCUT2D eigenvalue weighted by molar-refractivity contribution is 6.68. The van der Waals surface area contributed by atoms with Gasteiger partial charge in [-0.05, 0) is 13.1 Å². The SMILES string of the molecule is C=CCN[Si](C)(C)OC. The molecule has 0 bridgehead atoms. The maximum absolute atomic E-state index is 5.22. The fourth-order valence-corrected chi connectivity index (χ4v) is 1.17. The van der Waals surface area contributed by atoms with E-state index in [4.69, 9.17) is 4.43 Å². The Hall–Kier alpha value is -0.123. The minimum absolute atomic E-state index is 0.840. The molecule has 0 aromatic carbocycles. The van der Waals surface area contributed by atoms with Crippen LogP contribution in [0.3, 0.4) is 0 Å². The van der Waals surface area contributed by atoms with Crippen LogP contribution in [0.1, 0.15) is 0 Å². The number of nitrogens with one attached hydrogen (secondary N) is 1. The van der Waals surface area contributed by atoms with Crippen molar-refractivity contribution in [2.45, 2.75) is 13.1 Å². The van der Waals surface area contributed by atoms with Gasteiger partial charge in [0.1, 0.15) is 0 Å². The van der Waals surface area contributed by atoms with Crippen molar-refractivity contribution in [2.75, 3.05) is 13.7 Å². The molecule has 1 N–H and O–H groups in total. The molecule has 0 fully saturated rings. The third-order valence-corrected chi connectivity index (χ3v) is 3.26. The second-order valence-corrected chi connectivity index (χ2v) is 6.17. The normalized spacial score (nSPS) is 11.4. The number of hydrogen-bond acceptors (Lipinski definition) is 2. The molecule has 0 saturated heterocycles. The second-order valence-electron chi connectivity index (χ2n) is 2.38. The molecule has 0 aliphatic heterocycles. The average molecular weight is 145 g/mol. The molecule has 0 spiro atoms. The Balaban J connectivity index is 3.44. The summed E-state index contributed by atoms with van der Waals surface area (Å²) in [7, 11) is 0.219. The first kappa shape index (κ1) is 8.88. The highest BCUT2D eigenvalue weighted by atomic mass is 28.4. The molecular formula is C6H15NOSi.